The van der Waals surface area contributed by atoms with Gasteiger partial charge >= 0.3 is 5.97 Å². The summed E-state index contributed by atoms with van der Waals surface area (Å²) in [5, 5.41) is 9.62. The van der Waals surface area contributed by atoms with Crippen molar-refractivity contribution in [1.82, 2.24) is 0 Å². The first-order valence-electron chi connectivity index (χ1n) is 14.2. The molecule has 0 radical (unpaired) electrons. The van der Waals surface area contributed by atoms with Crippen LogP contribution < -0.4 is 4.74 Å². The number of hydrogen-bond acceptors (Lipinski definition) is 2. The van der Waals surface area contributed by atoms with E-state index in [9.17, 15) is 9.90 Å². The van der Waals surface area contributed by atoms with Crippen LogP contribution in [0, 0.1) is 29.9 Å². The maximum absolute atomic E-state index is 15.9. The van der Waals surface area contributed by atoms with Crippen LogP contribution in [0.4, 0.5) is 8.78 Å². The number of benzene rings is 3. The summed E-state index contributed by atoms with van der Waals surface area (Å²) in [6, 6.07) is 14.9. The predicted octanol–water partition coefficient (Wildman–Crippen LogP) is 8.49. The summed E-state index contributed by atoms with van der Waals surface area (Å²) in [5.41, 5.74) is 5.53. The van der Waals surface area contributed by atoms with Crippen LogP contribution in [-0.4, -0.2) is 11.1 Å². The van der Waals surface area contributed by atoms with Crippen LogP contribution in [0.15, 0.2) is 48.5 Å². The van der Waals surface area contributed by atoms with E-state index in [2.05, 4.69) is 19.9 Å². The molecule has 3 atom stereocenters. The van der Waals surface area contributed by atoms with Crippen LogP contribution in [0.3, 0.4) is 0 Å². The van der Waals surface area contributed by atoms with Crippen LogP contribution in [0.25, 0.3) is 11.1 Å². The summed E-state index contributed by atoms with van der Waals surface area (Å²) in [5.74, 6) is -1.55. The molecule has 5 heteroatoms. The minimum Gasteiger partial charge on any atom is -0.486 e. The molecular weight excluding hydrogens is 494 g/mol. The molecule has 3 aliphatic rings. The monoisotopic (exact) mass is 530 g/mol. The van der Waals surface area contributed by atoms with E-state index >= 15 is 8.78 Å². The first-order valence-corrected chi connectivity index (χ1v) is 14.2. The summed E-state index contributed by atoms with van der Waals surface area (Å²) in [7, 11) is 0. The molecule has 39 heavy (non-hydrogen) atoms. The fourth-order valence-electron chi connectivity index (χ4n) is 7.50. The summed E-state index contributed by atoms with van der Waals surface area (Å²) in [6.45, 7) is 6.72. The fraction of sp³-hybridized carbons (Fsp3) is 0.441. The van der Waals surface area contributed by atoms with Crippen molar-refractivity contribution in [2.45, 2.75) is 83.7 Å². The quantitative estimate of drug-likeness (QED) is 0.348. The van der Waals surface area contributed by atoms with Crippen molar-refractivity contribution < 1.29 is 23.4 Å². The lowest BCUT2D eigenvalue weighted by molar-refractivity contribution is -0.139. The molecule has 0 aromatic heterocycles. The van der Waals surface area contributed by atoms with Gasteiger partial charge in [-0.15, -0.1) is 0 Å². The van der Waals surface area contributed by atoms with Gasteiger partial charge in [0, 0.05) is 16.5 Å². The molecule has 3 aromatic carbocycles. The van der Waals surface area contributed by atoms with Crippen molar-refractivity contribution in [1.29, 1.82) is 0 Å². The first-order chi connectivity index (χ1) is 18.6. The van der Waals surface area contributed by atoms with Gasteiger partial charge in [0.05, 0.1) is 5.92 Å². The third kappa shape index (κ3) is 4.44. The minimum atomic E-state index is -0.846. The summed E-state index contributed by atoms with van der Waals surface area (Å²) >= 11 is 0. The molecule has 3 aliphatic carbocycles. The van der Waals surface area contributed by atoms with E-state index in [1.54, 1.807) is 12.1 Å². The number of aryl methyl sites for hydroxylation is 2. The Labute approximate surface area is 229 Å². The van der Waals surface area contributed by atoms with Crippen molar-refractivity contribution in [3.63, 3.8) is 0 Å². The van der Waals surface area contributed by atoms with Crippen molar-refractivity contribution in [3.05, 3.63) is 88.0 Å². The molecule has 204 valence electrons. The molecule has 1 spiro atoms. The van der Waals surface area contributed by atoms with Crippen LogP contribution in [0.1, 0.15) is 86.1 Å². The molecule has 0 unspecified atom stereocenters. The van der Waals surface area contributed by atoms with Gasteiger partial charge in [-0.1, -0.05) is 56.2 Å². The van der Waals surface area contributed by atoms with Crippen LogP contribution in [0.5, 0.6) is 5.75 Å². The number of ether oxygens (including phenoxy) is 1. The largest absolute Gasteiger partial charge is 0.486 e. The Kier molecular flexibility index (Phi) is 6.32. The Balaban J connectivity index is 1.33. The number of fused-ring (bicyclic) bond motifs is 2. The highest BCUT2D eigenvalue weighted by Crippen LogP contribution is 2.61. The van der Waals surface area contributed by atoms with Gasteiger partial charge in [0.15, 0.2) is 11.6 Å². The van der Waals surface area contributed by atoms with Gasteiger partial charge in [-0.2, -0.15) is 0 Å². The maximum Gasteiger partial charge on any atom is 0.307 e. The van der Waals surface area contributed by atoms with Crippen LogP contribution in [-0.2, 0) is 23.2 Å². The van der Waals surface area contributed by atoms with E-state index < -0.39 is 23.1 Å². The number of carbonyl (C=O) groups is 1. The second kappa shape index (κ2) is 9.46. The summed E-state index contributed by atoms with van der Waals surface area (Å²) in [6.07, 6.45) is 6.13. The SMILES string of the molecule is Cc1ccc(F)c(-c2ccc(COc3ccc4c(c3F)[C@]3(CCC4)C[C@H]3C(=O)O)cc2[C@H]2CCCC2(C)C)c1. The van der Waals surface area contributed by atoms with Crippen molar-refractivity contribution in [3.8, 4) is 16.9 Å². The molecule has 0 bridgehead atoms. The van der Waals surface area contributed by atoms with Crippen molar-refractivity contribution in [2.75, 3.05) is 0 Å². The van der Waals surface area contributed by atoms with Crippen LogP contribution in [0.2, 0.25) is 0 Å². The lowest BCUT2D eigenvalue weighted by Gasteiger charge is -2.30. The first kappa shape index (κ1) is 26.0. The zero-order chi connectivity index (χ0) is 27.5. The normalized spacial score (nSPS) is 24.9. The second-order valence-corrected chi connectivity index (χ2v) is 12.6. The molecule has 2 saturated carbocycles. The topological polar surface area (TPSA) is 46.5 Å². The minimum absolute atomic E-state index is 0.0956. The Morgan fingerprint density at radius 3 is 2.56 bits per heavy atom. The van der Waals surface area contributed by atoms with Gasteiger partial charge < -0.3 is 9.84 Å². The number of carboxylic acid groups (broad SMARTS) is 1. The number of carboxylic acids is 1. The zero-order valence-electron chi connectivity index (χ0n) is 22.9. The van der Waals surface area contributed by atoms with Crippen molar-refractivity contribution in [2.24, 2.45) is 11.3 Å². The highest BCUT2D eigenvalue weighted by atomic mass is 19.1. The number of aliphatic carboxylic acids is 1. The van der Waals surface area contributed by atoms with Crippen LogP contribution >= 0.6 is 0 Å². The Hall–Kier alpha value is -3.21. The second-order valence-electron chi connectivity index (χ2n) is 12.6. The van der Waals surface area contributed by atoms with Gasteiger partial charge in [0.1, 0.15) is 12.4 Å². The standard InChI is InChI=1S/C34H36F2O3/c1-20-8-12-28(35)25(16-20)23-11-9-21(17-24(23)26-7-5-14-33(26,2)3)19-39-29-13-10-22-6-4-15-34(30(22)31(29)36)18-27(34)32(37)38/h8-13,16-17,26-27H,4-7,14-15,18-19H2,1-3H3,(H,37,38)/t26-,27+,34-/m1/s1. The Morgan fingerprint density at radius 2 is 1.85 bits per heavy atom. The molecule has 0 saturated heterocycles. The van der Waals surface area contributed by atoms with Gasteiger partial charge in [-0.05, 0) is 97.2 Å². The molecule has 3 aromatic rings. The Bertz CT molecular complexity index is 1460. The third-order valence-corrected chi connectivity index (χ3v) is 9.69. The highest BCUT2D eigenvalue weighted by molar-refractivity contribution is 5.78. The van der Waals surface area contributed by atoms with Gasteiger partial charge in [0.25, 0.3) is 0 Å². The maximum atomic E-state index is 15.9. The van der Waals surface area contributed by atoms with Gasteiger partial charge in [-0.3, -0.25) is 4.79 Å². The molecule has 6 rings (SSSR count). The highest BCUT2D eigenvalue weighted by Gasteiger charge is 2.62. The van der Waals surface area contributed by atoms with Gasteiger partial charge in [0.2, 0.25) is 0 Å². The van der Waals surface area contributed by atoms with E-state index in [1.807, 2.05) is 31.2 Å². The average Bonchev–Trinajstić information content (AvgIpc) is 3.50. The van der Waals surface area contributed by atoms with E-state index in [0.717, 1.165) is 59.9 Å². The van der Waals surface area contributed by atoms with E-state index in [-0.39, 0.29) is 29.5 Å². The summed E-state index contributed by atoms with van der Waals surface area (Å²) < 4.78 is 36.9. The number of hydrogen-bond donors (Lipinski definition) is 1. The number of halogens is 2. The molecular formula is C34H36F2O3. The smallest absolute Gasteiger partial charge is 0.307 e. The zero-order valence-corrected chi connectivity index (χ0v) is 22.9. The predicted molar refractivity (Wildman–Crippen MR) is 148 cm³/mol. The average molecular weight is 531 g/mol. The summed E-state index contributed by atoms with van der Waals surface area (Å²) in [4.78, 5) is 11.7. The fourth-order valence-corrected chi connectivity index (χ4v) is 7.50. The Morgan fingerprint density at radius 1 is 1.03 bits per heavy atom. The van der Waals surface area contributed by atoms with Crippen molar-refractivity contribution >= 4 is 5.97 Å². The van der Waals surface area contributed by atoms with E-state index in [1.165, 1.54) is 6.07 Å². The number of rotatable bonds is 6. The lowest BCUT2D eigenvalue weighted by atomic mass is 9.75. The lowest BCUT2D eigenvalue weighted by Crippen LogP contribution is -2.23. The molecule has 0 aliphatic heterocycles. The molecule has 1 N–H and O–H groups in total. The molecule has 2 fully saturated rings. The molecule has 0 heterocycles. The molecule has 0 amide bonds. The molecule has 3 nitrogen and oxygen atoms in total. The van der Waals surface area contributed by atoms with E-state index in [4.69, 9.17) is 4.74 Å². The van der Waals surface area contributed by atoms with E-state index in [0.29, 0.717) is 24.0 Å². The van der Waals surface area contributed by atoms with Gasteiger partial charge in [-0.25, -0.2) is 8.78 Å². The third-order valence-electron chi connectivity index (χ3n) is 9.69.